The molecule has 1 aromatic heterocycles. The summed E-state index contributed by atoms with van der Waals surface area (Å²) in [7, 11) is 0. The second kappa shape index (κ2) is 8.44. The second-order valence-electron chi connectivity index (χ2n) is 6.70. The van der Waals surface area contributed by atoms with Crippen molar-refractivity contribution in [2.75, 3.05) is 0 Å². The van der Waals surface area contributed by atoms with Crippen LogP contribution in [0, 0.1) is 20.8 Å². The van der Waals surface area contributed by atoms with Gasteiger partial charge in [-0.3, -0.25) is 4.79 Å². The van der Waals surface area contributed by atoms with Crippen molar-refractivity contribution in [3.05, 3.63) is 64.0 Å². The topological polar surface area (TPSA) is 77.2 Å². The van der Waals surface area contributed by atoms with Crippen LogP contribution in [0.15, 0.2) is 40.9 Å². The Bertz CT molecular complexity index is 983. The molecule has 1 atom stereocenters. The van der Waals surface area contributed by atoms with E-state index < -0.39 is 6.10 Å². The van der Waals surface area contributed by atoms with Gasteiger partial charge in [-0.15, -0.1) is 0 Å². The number of halogens is 1. The highest BCUT2D eigenvalue weighted by atomic mass is 35.5. The molecular formula is C21H22ClN3O3. The molecule has 0 radical (unpaired) electrons. The number of benzene rings is 2. The van der Waals surface area contributed by atoms with Gasteiger partial charge in [0.15, 0.2) is 6.10 Å². The fraction of sp³-hybridized carbons (Fsp3) is 0.286. The van der Waals surface area contributed by atoms with Gasteiger partial charge in [0.25, 0.3) is 5.91 Å². The Hall–Kier alpha value is -2.86. The van der Waals surface area contributed by atoms with Gasteiger partial charge in [0.2, 0.25) is 11.7 Å². The summed E-state index contributed by atoms with van der Waals surface area (Å²) in [6, 6.07) is 11.1. The summed E-state index contributed by atoms with van der Waals surface area (Å²) in [6.45, 7) is 7.83. The highest BCUT2D eigenvalue weighted by Crippen LogP contribution is 2.24. The Morgan fingerprint density at radius 1 is 1.21 bits per heavy atom. The summed E-state index contributed by atoms with van der Waals surface area (Å²) >= 11 is 5.88. The Balaban J connectivity index is 1.59. The number of hydrogen-bond acceptors (Lipinski definition) is 5. The van der Waals surface area contributed by atoms with Gasteiger partial charge < -0.3 is 14.6 Å². The summed E-state index contributed by atoms with van der Waals surface area (Å²) in [6.07, 6.45) is -0.654. The second-order valence-corrected chi connectivity index (χ2v) is 7.14. The smallest absolute Gasteiger partial charge is 0.261 e. The van der Waals surface area contributed by atoms with Crippen molar-refractivity contribution in [2.24, 2.45) is 0 Å². The maximum absolute atomic E-state index is 12.4. The van der Waals surface area contributed by atoms with Gasteiger partial charge in [-0.05, 0) is 74.7 Å². The van der Waals surface area contributed by atoms with E-state index in [2.05, 4.69) is 21.5 Å². The van der Waals surface area contributed by atoms with Crippen molar-refractivity contribution in [1.82, 2.24) is 15.5 Å². The lowest BCUT2D eigenvalue weighted by Gasteiger charge is -2.17. The summed E-state index contributed by atoms with van der Waals surface area (Å²) in [5.74, 6) is 1.21. The molecule has 1 N–H and O–H groups in total. The van der Waals surface area contributed by atoms with Crippen LogP contribution in [0.25, 0.3) is 11.4 Å². The molecule has 7 heteroatoms. The van der Waals surface area contributed by atoms with Crippen LogP contribution in [0.2, 0.25) is 5.02 Å². The highest BCUT2D eigenvalue weighted by Gasteiger charge is 2.18. The predicted molar refractivity (Wildman–Crippen MR) is 107 cm³/mol. The zero-order valence-corrected chi connectivity index (χ0v) is 17.0. The first-order valence-electron chi connectivity index (χ1n) is 8.94. The number of aromatic nitrogens is 2. The molecule has 0 spiro atoms. The van der Waals surface area contributed by atoms with E-state index in [0.717, 1.165) is 22.3 Å². The SMILES string of the molecule is Cc1cc(C)c(C)c(O[C@@H](C)C(=O)NCc2nc(-c3ccc(Cl)cc3)no2)c1. The third-order valence-electron chi connectivity index (χ3n) is 4.42. The molecule has 0 aliphatic heterocycles. The predicted octanol–water partition coefficient (Wildman–Crippen LogP) is 4.40. The number of rotatable bonds is 6. The van der Waals surface area contributed by atoms with E-state index in [4.69, 9.17) is 20.9 Å². The monoisotopic (exact) mass is 399 g/mol. The average molecular weight is 400 g/mol. The van der Waals surface area contributed by atoms with E-state index >= 15 is 0 Å². The van der Waals surface area contributed by atoms with Crippen LogP contribution in [0.5, 0.6) is 5.75 Å². The average Bonchev–Trinajstić information content (AvgIpc) is 3.13. The number of carbonyl (C=O) groups excluding carboxylic acids is 1. The summed E-state index contributed by atoms with van der Waals surface area (Å²) in [5.41, 5.74) is 4.02. The zero-order chi connectivity index (χ0) is 20.3. The minimum absolute atomic E-state index is 0.124. The van der Waals surface area contributed by atoms with E-state index in [1.54, 1.807) is 31.2 Å². The molecule has 146 valence electrons. The largest absolute Gasteiger partial charge is 0.481 e. The molecular weight excluding hydrogens is 378 g/mol. The van der Waals surface area contributed by atoms with E-state index in [9.17, 15) is 4.79 Å². The molecule has 0 fully saturated rings. The molecule has 3 aromatic rings. The van der Waals surface area contributed by atoms with Crippen LogP contribution in [0.3, 0.4) is 0 Å². The van der Waals surface area contributed by atoms with Gasteiger partial charge in [0, 0.05) is 10.6 Å². The number of nitrogens with one attached hydrogen (secondary N) is 1. The summed E-state index contributed by atoms with van der Waals surface area (Å²) in [5, 5.41) is 7.32. The van der Waals surface area contributed by atoms with Gasteiger partial charge in [-0.25, -0.2) is 0 Å². The molecule has 0 saturated heterocycles. The van der Waals surface area contributed by atoms with Crippen LogP contribution >= 0.6 is 11.6 Å². The number of amides is 1. The van der Waals surface area contributed by atoms with E-state index in [0.29, 0.717) is 22.5 Å². The fourth-order valence-electron chi connectivity index (χ4n) is 2.72. The molecule has 3 rings (SSSR count). The third kappa shape index (κ3) is 4.70. The lowest BCUT2D eigenvalue weighted by atomic mass is 10.1. The number of ether oxygens (including phenoxy) is 1. The van der Waals surface area contributed by atoms with Gasteiger partial charge in [0.05, 0.1) is 6.54 Å². The molecule has 0 aliphatic rings. The van der Waals surface area contributed by atoms with Crippen LogP contribution in [-0.4, -0.2) is 22.2 Å². The number of aryl methyl sites for hydroxylation is 2. The van der Waals surface area contributed by atoms with Crippen LogP contribution in [-0.2, 0) is 11.3 Å². The lowest BCUT2D eigenvalue weighted by molar-refractivity contribution is -0.127. The minimum Gasteiger partial charge on any atom is -0.481 e. The highest BCUT2D eigenvalue weighted by molar-refractivity contribution is 6.30. The Morgan fingerprint density at radius 3 is 2.64 bits per heavy atom. The lowest BCUT2D eigenvalue weighted by Crippen LogP contribution is -2.36. The van der Waals surface area contributed by atoms with Gasteiger partial charge in [-0.1, -0.05) is 22.8 Å². The van der Waals surface area contributed by atoms with E-state index in [-0.39, 0.29) is 12.5 Å². The zero-order valence-electron chi connectivity index (χ0n) is 16.2. The standard InChI is InChI=1S/C21H22ClN3O3/c1-12-9-13(2)14(3)18(10-12)27-15(4)21(26)23-11-19-24-20(25-28-19)16-5-7-17(22)8-6-16/h5-10,15H,11H2,1-4H3,(H,23,26)/t15-/m0/s1. The van der Waals surface area contributed by atoms with Crippen LogP contribution in [0.1, 0.15) is 29.5 Å². The van der Waals surface area contributed by atoms with Crippen LogP contribution < -0.4 is 10.1 Å². The first kappa shape index (κ1) is 19.9. The first-order chi connectivity index (χ1) is 13.3. The van der Waals surface area contributed by atoms with Crippen molar-refractivity contribution in [2.45, 2.75) is 40.3 Å². The molecule has 0 saturated carbocycles. The van der Waals surface area contributed by atoms with Gasteiger partial charge >= 0.3 is 0 Å². The normalized spacial score (nSPS) is 11.9. The molecule has 0 aliphatic carbocycles. The van der Waals surface area contributed by atoms with Crippen LogP contribution in [0.4, 0.5) is 0 Å². The third-order valence-corrected chi connectivity index (χ3v) is 4.67. The van der Waals surface area contributed by atoms with Crippen molar-refractivity contribution in [3.8, 4) is 17.1 Å². The summed E-state index contributed by atoms with van der Waals surface area (Å²) < 4.78 is 11.1. The van der Waals surface area contributed by atoms with Gasteiger partial charge in [0.1, 0.15) is 5.75 Å². The summed E-state index contributed by atoms with van der Waals surface area (Å²) in [4.78, 5) is 16.7. The maximum atomic E-state index is 12.4. The molecule has 1 heterocycles. The number of carbonyl (C=O) groups is 1. The molecule has 1 amide bonds. The first-order valence-corrected chi connectivity index (χ1v) is 9.32. The minimum atomic E-state index is -0.654. The fourth-order valence-corrected chi connectivity index (χ4v) is 2.84. The van der Waals surface area contributed by atoms with Gasteiger partial charge in [-0.2, -0.15) is 4.98 Å². The van der Waals surface area contributed by atoms with Crippen molar-refractivity contribution >= 4 is 17.5 Å². The molecule has 6 nitrogen and oxygen atoms in total. The Kier molecular flexibility index (Phi) is 5.99. The molecule has 0 bridgehead atoms. The molecule has 2 aromatic carbocycles. The Morgan fingerprint density at radius 2 is 1.93 bits per heavy atom. The Labute approximate surface area is 168 Å². The molecule has 0 unspecified atom stereocenters. The van der Waals surface area contributed by atoms with Crippen molar-refractivity contribution in [1.29, 1.82) is 0 Å². The van der Waals surface area contributed by atoms with Crippen molar-refractivity contribution in [3.63, 3.8) is 0 Å². The molecule has 28 heavy (non-hydrogen) atoms. The number of hydrogen-bond donors (Lipinski definition) is 1. The quantitative estimate of drug-likeness (QED) is 0.664. The number of nitrogens with zero attached hydrogens (tertiary/aromatic N) is 2. The van der Waals surface area contributed by atoms with E-state index in [1.165, 1.54) is 0 Å². The maximum Gasteiger partial charge on any atom is 0.261 e. The van der Waals surface area contributed by atoms with Crippen molar-refractivity contribution < 1.29 is 14.1 Å². The van der Waals surface area contributed by atoms with E-state index in [1.807, 2.05) is 26.8 Å².